The minimum Gasteiger partial charge on any atom is -0.465 e. The first-order valence-electron chi connectivity index (χ1n) is 7.12. The highest BCUT2D eigenvalue weighted by molar-refractivity contribution is 6.03. The number of aromatic nitrogens is 2. The van der Waals surface area contributed by atoms with E-state index in [-0.39, 0.29) is 11.3 Å². The molecule has 1 aromatic carbocycles. The second-order valence-electron chi connectivity index (χ2n) is 4.84. The molecular formula is C16H14F2N2O6. The van der Waals surface area contributed by atoms with Crippen LogP contribution in [0.2, 0.25) is 0 Å². The molecule has 0 aliphatic carbocycles. The van der Waals surface area contributed by atoms with Gasteiger partial charge in [0.15, 0.2) is 5.69 Å². The first kappa shape index (κ1) is 19.0. The van der Waals surface area contributed by atoms with E-state index in [9.17, 15) is 23.2 Å². The summed E-state index contributed by atoms with van der Waals surface area (Å²) >= 11 is 0. The maximum atomic E-state index is 13.3. The molecule has 0 spiro atoms. The van der Waals surface area contributed by atoms with Crippen molar-refractivity contribution in [3.05, 3.63) is 46.8 Å². The third kappa shape index (κ3) is 3.39. The molecule has 0 unspecified atom stereocenters. The summed E-state index contributed by atoms with van der Waals surface area (Å²) in [5.74, 6) is -2.81. The summed E-state index contributed by atoms with van der Waals surface area (Å²) in [5, 5.41) is 3.66. The first-order valence-corrected chi connectivity index (χ1v) is 7.12. The molecule has 0 bridgehead atoms. The summed E-state index contributed by atoms with van der Waals surface area (Å²) in [4.78, 5) is 35.5. The fraction of sp³-hybridized carbons (Fsp3) is 0.250. The van der Waals surface area contributed by atoms with Crippen LogP contribution in [0.4, 0.5) is 8.78 Å². The van der Waals surface area contributed by atoms with Crippen molar-refractivity contribution in [3.8, 4) is 5.69 Å². The smallest absolute Gasteiger partial charge is 0.357 e. The number of hydrogen-bond donors (Lipinski definition) is 0. The molecule has 26 heavy (non-hydrogen) atoms. The lowest BCUT2D eigenvalue weighted by molar-refractivity contribution is 0.0544. The van der Waals surface area contributed by atoms with E-state index < -0.39 is 41.3 Å². The molecule has 138 valence electrons. The van der Waals surface area contributed by atoms with Crippen molar-refractivity contribution in [1.29, 1.82) is 0 Å². The van der Waals surface area contributed by atoms with Crippen molar-refractivity contribution in [2.45, 2.75) is 6.43 Å². The predicted molar refractivity (Wildman–Crippen MR) is 82.5 cm³/mol. The number of hydrogen-bond acceptors (Lipinski definition) is 7. The maximum Gasteiger partial charge on any atom is 0.357 e. The Morgan fingerprint density at radius 1 is 0.923 bits per heavy atom. The zero-order valence-electron chi connectivity index (χ0n) is 14.0. The Morgan fingerprint density at radius 3 is 1.92 bits per heavy atom. The van der Waals surface area contributed by atoms with Crippen molar-refractivity contribution in [2.75, 3.05) is 21.3 Å². The second-order valence-corrected chi connectivity index (χ2v) is 4.84. The van der Waals surface area contributed by atoms with E-state index in [0.29, 0.717) is 0 Å². The van der Waals surface area contributed by atoms with Gasteiger partial charge in [-0.05, 0) is 24.3 Å². The SMILES string of the molecule is COC(=O)c1ccc(-n2nc(C(F)F)c(C(=O)OC)c2C(=O)OC)cc1. The minimum absolute atomic E-state index is 0.148. The molecule has 2 aromatic rings. The summed E-state index contributed by atoms with van der Waals surface area (Å²) in [6, 6.07) is 5.40. The largest absolute Gasteiger partial charge is 0.465 e. The number of carbonyl (C=O) groups is 3. The van der Waals surface area contributed by atoms with Crippen molar-refractivity contribution in [3.63, 3.8) is 0 Å². The standard InChI is InChI=1S/C16H14F2N2O6/c1-24-14(21)8-4-6-9(7-5-8)20-12(16(23)26-3)10(15(22)25-2)11(19-20)13(17)18/h4-7,13H,1-3H3. The minimum atomic E-state index is -3.14. The number of esters is 3. The zero-order valence-corrected chi connectivity index (χ0v) is 14.0. The van der Waals surface area contributed by atoms with Crippen LogP contribution in [0.3, 0.4) is 0 Å². The summed E-state index contributed by atoms with van der Waals surface area (Å²) in [5.41, 5.74) is -1.78. The van der Waals surface area contributed by atoms with E-state index >= 15 is 0 Å². The van der Waals surface area contributed by atoms with E-state index in [1.807, 2.05) is 0 Å². The van der Waals surface area contributed by atoms with Gasteiger partial charge >= 0.3 is 17.9 Å². The Labute approximate surface area is 146 Å². The number of halogens is 2. The second kappa shape index (κ2) is 7.72. The molecule has 0 amide bonds. The number of benzene rings is 1. The van der Waals surface area contributed by atoms with E-state index in [1.165, 1.54) is 31.4 Å². The Morgan fingerprint density at radius 2 is 1.46 bits per heavy atom. The Balaban J connectivity index is 2.69. The quantitative estimate of drug-likeness (QED) is 0.589. The fourth-order valence-electron chi connectivity index (χ4n) is 2.22. The third-order valence-electron chi connectivity index (χ3n) is 3.42. The highest BCUT2D eigenvalue weighted by Crippen LogP contribution is 2.28. The van der Waals surface area contributed by atoms with Gasteiger partial charge in [-0.25, -0.2) is 27.8 Å². The van der Waals surface area contributed by atoms with Crippen LogP contribution in [0, 0.1) is 0 Å². The average molecular weight is 368 g/mol. The van der Waals surface area contributed by atoms with Crippen LogP contribution in [-0.4, -0.2) is 49.0 Å². The van der Waals surface area contributed by atoms with Gasteiger partial charge in [0, 0.05) is 0 Å². The molecule has 8 nitrogen and oxygen atoms in total. The molecule has 0 saturated carbocycles. The van der Waals surface area contributed by atoms with Crippen LogP contribution in [0.5, 0.6) is 0 Å². The molecule has 1 aromatic heterocycles. The number of methoxy groups -OCH3 is 3. The molecule has 1 heterocycles. The average Bonchev–Trinajstić information content (AvgIpc) is 3.07. The van der Waals surface area contributed by atoms with Gasteiger partial charge in [-0.15, -0.1) is 0 Å². The molecule has 0 saturated heterocycles. The maximum absolute atomic E-state index is 13.3. The number of rotatable bonds is 5. The molecule has 0 N–H and O–H groups in total. The van der Waals surface area contributed by atoms with Crippen LogP contribution in [-0.2, 0) is 14.2 Å². The highest BCUT2D eigenvalue weighted by Gasteiger charge is 2.34. The lowest BCUT2D eigenvalue weighted by Crippen LogP contribution is -2.16. The Hall–Kier alpha value is -3.30. The van der Waals surface area contributed by atoms with Crippen molar-refractivity contribution < 1.29 is 37.4 Å². The van der Waals surface area contributed by atoms with Gasteiger partial charge in [-0.3, -0.25) is 0 Å². The van der Waals surface area contributed by atoms with Gasteiger partial charge in [-0.1, -0.05) is 0 Å². The monoisotopic (exact) mass is 368 g/mol. The summed E-state index contributed by atoms with van der Waals surface area (Å²) in [7, 11) is 3.22. The summed E-state index contributed by atoms with van der Waals surface area (Å²) in [6.45, 7) is 0. The lowest BCUT2D eigenvalue weighted by Gasteiger charge is -2.08. The van der Waals surface area contributed by atoms with E-state index in [2.05, 4.69) is 19.3 Å². The predicted octanol–water partition coefficient (Wildman–Crippen LogP) is 2.17. The number of carbonyl (C=O) groups excluding carboxylic acids is 3. The fourth-order valence-corrected chi connectivity index (χ4v) is 2.22. The van der Waals surface area contributed by atoms with Crippen LogP contribution in [0.15, 0.2) is 24.3 Å². The third-order valence-corrected chi connectivity index (χ3v) is 3.42. The van der Waals surface area contributed by atoms with Crippen LogP contribution in [0.25, 0.3) is 5.69 Å². The van der Waals surface area contributed by atoms with Gasteiger partial charge in [0.2, 0.25) is 0 Å². The van der Waals surface area contributed by atoms with Crippen molar-refractivity contribution in [1.82, 2.24) is 9.78 Å². The molecule has 0 atom stereocenters. The van der Waals surface area contributed by atoms with Gasteiger partial charge in [0.1, 0.15) is 11.3 Å². The zero-order chi connectivity index (χ0) is 19.4. The van der Waals surface area contributed by atoms with E-state index in [1.54, 1.807) is 0 Å². The van der Waals surface area contributed by atoms with Crippen LogP contribution < -0.4 is 0 Å². The summed E-state index contributed by atoms with van der Waals surface area (Å²) in [6.07, 6.45) is -3.14. The number of nitrogens with zero attached hydrogens (tertiary/aromatic N) is 2. The highest BCUT2D eigenvalue weighted by atomic mass is 19.3. The lowest BCUT2D eigenvalue weighted by atomic mass is 10.1. The van der Waals surface area contributed by atoms with Crippen molar-refractivity contribution in [2.24, 2.45) is 0 Å². The molecule has 10 heteroatoms. The summed E-state index contributed by atoms with van der Waals surface area (Å²) < 4.78 is 41.1. The first-order chi connectivity index (χ1) is 12.3. The molecule has 0 aliphatic rings. The Kier molecular flexibility index (Phi) is 5.65. The topological polar surface area (TPSA) is 96.7 Å². The van der Waals surface area contributed by atoms with E-state index in [0.717, 1.165) is 18.9 Å². The van der Waals surface area contributed by atoms with E-state index in [4.69, 9.17) is 0 Å². The number of alkyl halides is 2. The van der Waals surface area contributed by atoms with Crippen LogP contribution in [0.1, 0.15) is 43.3 Å². The van der Waals surface area contributed by atoms with Gasteiger partial charge in [0.05, 0.1) is 32.6 Å². The molecule has 0 aliphatic heterocycles. The normalized spacial score (nSPS) is 10.5. The molecule has 0 fully saturated rings. The van der Waals surface area contributed by atoms with Gasteiger partial charge in [0.25, 0.3) is 6.43 Å². The van der Waals surface area contributed by atoms with Crippen molar-refractivity contribution >= 4 is 17.9 Å². The Bertz CT molecular complexity index is 845. The molecule has 2 rings (SSSR count). The molecule has 0 radical (unpaired) electrons. The number of ether oxygens (including phenoxy) is 3. The van der Waals surface area contributed by atoms with Gasteiger partial charge < -0.3 is 14.2 Å². The van der Waals surface area contributed by atoms with Gasteiger partial charge in [-0.2, -0.15) is 5.10 Å². The van der Waals surface area contributed by atoms with Crippen LogP contribution >= 0.6 is 0 Å². The molecular weight excluding hydrogens is 354 g/mol.